The molecule has 1 heterocycles. The van der Waals surface area contributed by atoms with E-state index in [1.54, 1.807) is 0 Å². The SMILES string of the molecule is CC1COCCC1Nc1ccc(Br)c(Cl)c1Cl. The highest BCUT2D eigenvalue weighted by Gasteiger charge is 2.22. The molecule has 17 heavy (non-hydrogen) atoms. The minimum absolute atomic E-state index is 0.387. The van der Waals surface area contributed by atoms with E-state index >= 15 is 0 Å². The van der Waals surface area contributed by atoms with Crippen LogP contribution in [-0.4, -0.2) is 19.3 Å². The zero-order valence-corrected chi connectivity index (χ0v) is 12.6. The molecular weight excluding hydrogens is 325 g/mol. The molecule has 1 fully saturated rings. The van der Waals surface area contributed by atoms with Gasteiger partial charge in [-0.05, 0) is 40.4 Å². The summed E-state index contributed by atoms with van der Waals surface area (Å²) in [4.78, 5) is 0. The predicted molar refractivity (Wildman–Crippen MR) is 76.2 cm³/mol. The molecule has 1 aromatic rings. The van der Waals surface area contributed by atoms with E-state index in [1.165, 1.54) is 0 Å². The van der Waals surface area contributed by atoms with Gasteiger partial charge in [-0.2, -0.15) is 0 Å². The Kier molecular flexibility index (Phi) is 4.59. The zero-order valence-electron chi connectivity index (χ0n) is 9.47. The molecule has 2 atom stereocenters. The number of hydrogen-bond donors (Lipinski definition) is 1. The van der Waals surface area contributed by atoms with Crippen LogP contribution in [0.25, 0.3) is 0 Å². The van der Waals surface area contributed by atoms with Crippen LogP contribution in [0.1, 0.15) is 13.3 Å². The highest BCUT2D eigenvalue weighted by Crippen LogP contribution is 2.36. The Bertz CT molecular complexity index is 414. The summed E-state index contributed by atoms with van der Waals surface area (Å²) in [6.07, 6.45) is 0.991. The van der Waals surface area contributed by atoms with Crippen molar-refractivity contribution >= 4 is 44.8 Å². The number of anilines is 1. The van der Waals surface area contributed by atoms with E-state index in [9.17, 15) is 0 Å². The molecule has 5 heteroatoms. The van der Waals surface area contributed by atoms with Gasteiger partial charge in [0.05, 0.1) is 22.3 Å². The van der Waals surface area contributed by atoms with Crippen molar-refractivity contribution < 1.29 is 4.74 Å². The molecule has 1 aromatic carbocycles. The van der Waals surface area contributed by atoms with Crippen LogP contribution < -0.4 is 5.32 Å². The molecule has 1 N–H and O–H groups in total. The second-order valence-corrected chi connectivity index (χ2v) is 5.92. The number of ether oxygens (including phenoxy) is 1. The second kappa shape index (κ2) is 5.79. The first kappa shape index (κ1) is 13.5. The lowest BCUT2D eigenvalue weighted by molar-refractivity contribution is 0.0538. The van der Waals surface area contributed by atoms with Crippen LogP contribution in [-0.2, 0) is 4.74 Å². The molecule has 0 amide bonds. The van der Waals surface area contributed by atoms with Crippen LogP contribution in [0.3, 0.4) is 0 Å². The van der Waals surface area contributed by atoms with Gasteiger partial charge >= 0.3 is 0 Å². The molecule has 1 aliphatic heterocycles. The molecule has 0 spiro atoms. The maximum Gasteiger partial charge on any atom is 0.0835 e. The first-order chi connectivity index (χ1) is 8.09. The summed E-state index contributed by atoms with van der Waals surface area (Å²) in [5, 5.41) is 4.57. The zero-order chi connectivity index (χ0) is 12.4. The molecule has 0 bridgehead atoms. The van der Waals surface area contributed by atoms with E-state index in [-0.39, 0.29) is 0 Å². The lowest BCUT2D eigenvalue weighted by Crippen LogP contribution is -2.36. The molecule has 0 aliphatic carbocycles. The van der Waals surface area contributed by atoms with Gasteiger partial charge in [0.2, 0.25) is 0 Å². The van der Waals surface area contributed by atoms with Gasteiger partial charge in [0, 0.05) is 17.1 Å². The van der Waals surface area contributed by atoms with E-state index < -0.39 is 0 Å². The van der Waals surface area contributed by atoms with Gasteiger partial charge in [-0.25, -0.2) is 0 Å². The Hall–Kier alpha value is 0.0400. The van der Waals surface area contributed by atoms with Gasteiger partial charge in [-0.3, -0.25) is 0 Å². The monoisotopic (exact) mass is 337 g/mol. The van der Waals surface area contributed by atoms with Crippen molar-refractivity contribution in [3.63, 3.8) is 0 Å². The minimum atomic E-state index is 0.387. The first-order valence-electron chi connectivity index (χ1n) is 5.57. The molecule has 0 aromatic heterocycles. The van der Waals surface area contributed by atoms with Crippen molar-refractivity contribution in [1.29, 1.82) is 0 Å². The molecular formula is C12H14BrCl2NO. The summed E-state index contributed by atoms with van der Waals surface area (Å²) in [6, 6.07) is 4.24. The Morgan fingerprint density at radius 2 is 2.12 bits per heavy atom. The van der Waals surface area contributed by atoms with Crippen LogP contribution in [0.4, 0.5) is 5.69 Å². The minimum Gasteiger partial charge on any atom is -0.381 e. The van der Waals surface area contributed by atoms with Gasteiger partial charge in [-0.1, -0.05) is 30.1 Å². The van der Waals surface area contributed by atoms with E-state index in [4.69, 9.17) is 27.9 Å². The number of halogens is 3. The van der Waals surface area contributed by atoms with Crippen LogP contribution >= 0.6 is 39.1 Å². The van der Waals surface area contributed by atoms with Crippen molar-refractivity contribution in [2.45, 2.75) is 19.4 Å². The fraction of sp³-hybridized carbons (Fsp3) is 0.500. The Labute approximate surface area is 120 Å². The number of benzene rings is 1. The maximum absolute atomic E-state index is 6.21. The highest BCUT2D eigenvalue weighted by molar-refractivity contribution is 9.10. The lowest BCUT2D eigenvalue weighted by atomic mass is 9.97. The fourth-order valence-electron chi connectivity index (χ4n) is 1.93. The van der Waals surface area contributed by atoms with Gasteiger partial charge in [0.25, 0.3) is 0 Å². The van der Waals surface area contributed by atoms with E-state index in [0.29, 0.717) is 22.0 Å². The lowest BCUT2D eigenvalue weighted by Gasteiger charge is -2.30. The quantitative estimate of drug-likeness (QED) is 0.796. The normalized spacial score (nSPS) is 24.7. The second-order valence-electron chi connectivity index (χ2n) is 4.31. The largest absolute Gasteiger partial charge is 0.381 e. The summed E-state index contributed by atoms with van der Waals surface area (Å²) in [5.74, 6) is 0.474. The Balaban J connectivity index is 2.15. The van der Waals surface area contributed by atoms with E-state index in [2.05, 4.69) is 28.2 Å². The van der Waals surface area contributed by atoms with Gasteiger partial charge in [0.15, 0.2) is 0 Å². The van der Waals surface area contributed by atoms with Crippen LogP contribution in [0.2, 0.25) is 10.0 Å². The maximum atomic E-state index is 6.21. The summed E-state index contributed by atoms with van der Waals surface area (Å²) in [5.41, 5.74) is 0.888. The van der Waals surface area contributed by atoms with Crippen molar-refractivity contribution in [1.82, 2.24) is 0 Å². The fourth-order valence-corrected chi connectivity index (χ4v) is 2.76. The van der Waals surface area contributed by atoms with Crippen molar-refractivity contribution in [3.05, 3.63) is 26.7 Å². The molecule has 2 rings (SSSR count). The number of rotatable bonds is 2. The third-order valence-electron chi connectivity index (χ3n) is 3.02. The third-order valence-corrected chi connectivity index (χ3v) is 4.79. The van der Waals surface area contributed by atoms with Gasteiger partial charge in [0.1, 0.15) is 0 Å². The molecule has 0 saturated carbocycles. The standard InChI is InChI=1S/C12H14BrCl2NO/c1-7-6-17-5-4-9(7)16-10-3-2-8(13)11(14)12(10)15/h2-3,7,9,16H,4-6H2,1H3. The Morgan fingerprint density at radius 3 is 2.82 bits per heavy atom. The smallest absolute Gasteiger partial charge is 0.0835 e. The number of hydrogen-bond acceptors (Lipinski definition) is 2. The summed E-state index contributed by atoms with van der Waals surface area (Å²) in [7, 11) is 0. The van der Waals surface area contributed by atoms with Crippen molar-refractivity contribution in [2.75, 3.05) is 18.5 Å². The molecule has 94 valence electrons. The molecule has 2 unspecified atom stereocenters. The van der Waals surface area contributed by atoms with Crippen molar-refractivity contribution in [2.24, 2.45) is 5.92 Å². The summed E-state index contributed by atoms with van der Waals surface area (Å²) < 4.78 is 6.23. The van der Waals surface area contributed by atoms with Crippen molar-refractivity contribution in [3.8, 4) is 0 Å². The average molecular weight is 339 g/mol. The average Bonchev–Trinajstić information content (AvgIpc) is 2.32. The topological polar surface area (TPSA) is 21.3 Å². The predicted octanol–water partition coefficient (Wildman–Crippen LogP) is 4.59. The highest BCUT2D eigenvalue weighted by atomic mass is 79.9. The molecule has 1 aliphatic rings. The van der Waals surface area contributed by atoms with Crippen LogP contribution in [0, 0.1) is 5.92 Å². The third kappa shape index (κ3) is 3.08. The summed E-state index contributed by atoms with van der Waals surface area (Å²) >= 11 is 15.7. The molecule has 0 radical (unpaired) electrons. The van der Waals surface area contributed by atoms with E-state index in [1.807, 2.05) is 12.1 Å². The van der Waals surface area contributed by atoms with Crippen LogP contribution in [0.15, 0.2) is 16.6 Å². The molecule has 1 saturated heterocycles. The van der Waals surface area contributed by atoms with Gasteiger partial charge in [-0.15, -0.1) is 0 Å². The van der Waals surface area contributed by atoms with E-state index in [0.717, 1.165) is 29.8 Å². The molecule has 2 nitrogen and oxygen atoms in total. The summed E-state index contributed by atoms with van der Waals surface area (Å²) in [6.45, 7) is 3.76. The number of nitrogens with one attached hydrogen (secondary N) is 1. The van der Waals surface area contributed by atoms with Gasteiger partial charge < -0.3 is 10.1 Å². The Morgan fingerprint density at radius 1 is 1.35 bits per heavy atom. The van der Waals surface area contributed by atoms with Crippen LogP contribution in [0.5, 0.6) is 0 Å². The first-order valence-corrected chi connectivity index (χ1v) is 7.12.